The van der Waals surface area contributed by atoms with Gasteiger partial charge >= 0.3 is 11.7 Å². The largest absolute Gasteiger partial charge is 0.419 e. The van der Waals surface area contributed by atoms with Crippen molar-refractivity contribution in [2.75, 3.05) is 0 Å². The first-order valence-corrected chi connectivity index (χ1v) is 5.53. The van der Waals surface area contributed by atoms with E-state index < -0.39 is 4.92 Å². The number of nitro benzene ring substituents is 1. The molecule has 2 rings (SSSR count). The number of carbonyl (C=O) groups excluding carboxylic acids is 1. The van der Waals surface area contributed by atoms with Crippen LogP contribution in [0.15, 0.2) is 22.7 Å². The molecule has 0 N–H and O–H groups in total. The fraction of sp³-hybridized carbons (Fsp3) is 0.300. The van der Waals surface area contributed by atoms with E-state index in [-0.39, 0.29) is 23.3 Å². The minimum Gasteiger partial charge on any atom is -0.419 e. The van der Waals surface area contributed by atoms with Crippen molar-refractivity contribution in [1.29, 1.82) is 0 Å². The molecule has 1 aromatic rings. The SMILES string of the molecule is O=C(Oc1cc(Br)ccc1[N+](=O)[O-])C1CC1. The molecule has 0 heterocycles. The Bertz CT molecular complexity index is 456. The van der Waals surface area contributed by atoms with Gasteiger partial charge in [-0.3, -0.25) is 14.9 Å². The van der Waals surface area contributed by atoms with E-state index in [1.807, 2.05) is 0 Å². The Balaban J connectivity index is 2.26. The lowest BCUT2D eigenvalue weighted by molar-refractivity contribution is -0.385. The van der Waals surface area contributed by atoms with Crippen LogP contribution in [0.25, 0.3) is 0 Å². The first-order chi connectivity index (χ1) is 7.58. The predicted octanol–water partition coefficient (Wildman–Crippen LogP) is 2.67. The molecule has 84 valence electrons. The zero-order chi connectivity index (χ0) is 11.7. The number of nitrogens with zero attached hydrogens (tertiary/aromatic N) is 1. The molecule has 6 heteroatoms. The van der Waals surface area contributed by atoms with Crippen LogP contribution >= 0.6 is 15.9 Å². The third-order valence-corrected chi connectivity index (χ3v) is 2.73. The normalized spacial score (nSPS) is 14.6. The van der Waals surface area contributed by atoms with E-state index in [4.69, 9.17) is 4.74 Å². The lowest BCUT2D eigenvalue weighted by Crippen LogP contribution is -2.10. The molecule has 1 aliphatic rings. The number of benzene rings is 1. The van der Waals surface area contributed by atoms with Crippen LogP contribution in [0.2, 0.25) is 0 Å². The van der Waals surface area contributed by atoms with Gasteiger partial charge in [0, 0.05) is 16.6 Å². The molecule has 0 aromatic heterocycles. The summed E-state index contributed by atoms with van der Waals surface area (Å²) in [6, 6.07) is 4.27. The maximum absolute atomic E-state index is 11.4. The molecule has 1 aliphatic carbocycles. The fourth-order valence-electron chi connectivity index (χ4n) is 1.23. The summed E-state index contributed by atoms with van der Waals surface area (Å²) in [5.41, 5.74) is -0.197. The van der Waals surface area contributed by atoms with Gasteiger partial charge in [-0.05, 0) is 18.9 Å². The Morgan fingerprint density at radius 1 is 1.50 bits per heavy atom. The topological polar surface area (TPSA) is 69.4 Å². The van der Waals surface area contributed by atoms with Crippen LogP contribution in [0.3, 0.4) is 0 Å². The summed E-state index contributed by atoms with van der Waals surface area (Å²) >= 11 is 3.17. The molecule has 1 saturated carbocycles. The van der Waals surface area contributed by atoms with E-state index in [0.29, 0.717) is 4.47 Å². The first-order valence-electron chi connectivity index (χ1n) is 4.73. The summed E-state index contributed by atoms with van der Waals surface area (Å²) in [5, 5.41) is 10.7. The van der Waals surface area contributed by atoms with Gasteiger partial charge in [0.2, 0.25) is 5.75 Å². The maximum atomic E-state index is 11.4. The van der Waals surface area contributed by atoms with E-state index in [1.165, 1.54) is 18.2 Å². The Morgan fingerprint density at radius 3 is 2.75 bits per heavy atom. The van der Waals surface area contributed by atoms with Crippen molar-refractivity contribution in [2.45, 2.75) is 12.8 Å². The smallest absolute Gasteiger partial charge is 0.314 e. The summed E-state index contributed by atoms with van der Waals surface area (Å²) in [6.45, 7) is 0. The quantitative estimate of drug-likeness (QED) is 0.371. The van der Waals surface area contributed by atoms with Crippen molar-refractivity contribution in [3.8, 4) is 5.75 Å². The molecule has 16 heavy (non-hydrogen) atoms. The summed E-state index contributed by atoms with van der Waals surface area (Å²) in [7, 11) is 0. The highest BCUT2D eigenvalue weighted by Gasteiger charge is 2.33. The number of carbonyl (C=O) groups is 1. The summed E-state index contributed by atoms with van der Waals surface area (Å²) in [4.78, 5) is 21.5. The number of hydrogen-bond acceptors (Lipinski definition) is 4. The van der Waals surface area contributed by atoms with Crippen molar-refractivity contribution < 1.29 is 14.5 Å². The molecule has 0 atom stereocenters. The fourth-order valence-corrected chi connectivity index (χ4v) is 1.57. The van der Waals surface area contributed by atoms with Crippen molar-refractivity contribution in [3.05, 3.63) is 32.8 Å². The Kier molecular flexibility index (Phi) is 2.91. The van der Waals surface area contributed by atoms with E-state index in [2.05, 4.69) is 15.9 Å². The predicted molar refractivity (Wildman–Crippen MR) is 59.2 cm³/mol. The maximum Gasteiger partial charge on any atom is 0.314 e. The lowest BCUT2D eigenvalue weighted by atomic mass is 10.3. The summed E-state index contributed by atoms with van der Waals surface area (Å²) < 4.78 is 5.64. The van der Waals surface area contributed by atoms with Crippen LogP contribution in [-0.2, 0) is 4.79 Å². The zero-order valence-corrected chi connectivity index (χ0v) is 9.77. The number of nitro groups is 1. The standard InChI is InChI=1S/C10H8BrNO4/c11-7-3-4-8(12(14)15)9(5-7)16-10(13)6-1-2-6/h3-6H,1-2H2. The van der Waals surface area contributed by atoms with E-state index >= 15 is 0 Å². The zero-order valence-electron chi connectivity index (χ0n) is 8.18. The molecule has 0 saturated heterocycles. The lowest BCUT2D eigenvalue weighted by Gasteiger charge is -2.04. The van der Waals surface area contributed by atoms with Crippen LogP contribution in [0.5, 0.6) is 5.75 Å². The molecule has 0 spiro atoms. The molecule has 0 unspecified atom stereocenters. The molecule has 0 aliphatic heterocycles. The molecule has 0 amide bonds. The number of esters is 1. The average molecular weight is 286 g/mol. The highest BCUT2D eigenvalue weighted by Crippen LogP contribution is 2.34. The Hall–Kier alpha value is -1.43. The molecule has 0 radical (unpaired) electrons. The minimum absolute atomic E-state index is 0.00345. The molecule has 1 aromatic carbocycles. The summed E-state index contributed by atoms with van der Waals surface area (Å²) in [6.07, 6.45) is 1.61. The monoisotopic (exact) mass is 285 g/mol. The van der Waals surface area contributed by atoms with Gasteiger partial charge < -0.3 is 4.74 Å². The van der Waals surface area contributed by atoms with Crippen molar-refractivity contribution in [3.63, 3.8) is 0 Å². The van der Waals surface area contributed by atoms with E-state index in [0.717, 1.165) is 12.8 Å². The Morgan fingerprint density at radius 2 is 2.19 bits per heavy atom. The third kappa shape index (κ3) is 2.38. The molecule has 0 bridgehead atoms. The first kappa shape index (κ1) is 11.1. The second-order valence-corrected chi connectivity index (χ2v) is 4.48. The van der Waals surface area contributed by atoms with Gasteiger partial charge in [0.1, 0.15) is 0 Å². The molecule has 1 fully saturated rings. The van der Waals surface area contributed by atoms with Crippen molar-refractivity contribution >= 4 is 27.6 Å². The molecule has 5 nitrogen and oxygen atoms in total. The van der Waals surface area contributed by atoms with Crippen LogP contribution < -0.4 is 4.74 Å². The van der Waals surface area contributed by atoms with Gasteiger partial charge in [-0.25, -0.2) is 0 Å². The average Bonchev–Trinajstić information content (AvgIpc) is 2.99. The van der Waals surface area contributed by atoms with Crippen molar-refractivity contribution in [1.82, 2.24) is 0 Å². The third-order valence-electron chi connectivity index (χ3n) is 2.24. The van der Waals surface area contributed by atoms with E-state index in [1.54, 1.807) is 0 Å². The van der Waals surface area contributed by atoms with Crippen LogP contribution in [0.1, 0.15) is 12.8 Å². The van der Waals surface area contributed by atoms with Gasteiger partial charge in [-0.1, -0.05) is 15.9 Å². The number of hydrogen-bond donors (Lipinski definition) is 0. The number of halogens is 1. The number of rotatable bonds is 3. The van der Waals surface area contributed by atoms with Gasteiger partial charge in [-0.15, -0.1) is 0 Å². The van der Waals surface area contributed by atoms with Crippen LogP contribution in [-0.4, -0.2) is 10.9 Å². The highest BCUT2D eigenvalue weighted by atomic mass is 79.9. The second-order valence-electron chi connectivity index (χ2n) is 3.56. The van der Waals surface area contributed by atoms with Gasteiger partial charge in [0.15, 0.2) is 0 Å². The van der Waals surface area contributed by atoms with Crippen LogP contribution in [0.4, 0.5) is 5.69 Å². The number of ether oxygens (including phenoxy) is 1. The molecular formula is C10H8BrNO4. The van der Waals surface area contributed by atoms with E-state index in [9.17, 15) is 14.9 Å². The second kappa shape index (κ2) is 4.21. The Labute approximate surface area is 99.7 Å². The highest BCUT2D eigenvalue weighted by molar-refractivity contribution is 9.10. The van der Waals surface area contributed by atoms with Crippen molar-refractivity contribution in [2.24, 2.45) is 5.92 Å². The van der Waals surface area contributed by atoms with Crippen LogP contribution in [0, 0.1) is 16.0 Å². The summed E-state index contributed by atoms with van der Waals surface area (Å²) in [5.74, 6) is -0.476. The molecular weight excluding hydrogens is 278 g/mol. The van der Waals surface area contributed by atoms with Gasteiger partial charge in [-0.2, -0.15) is 0 Å². The van der Waals surface area contributed by atoms with Gasteiger partial charge in [0.25, 0.3) is 0 Å². The minimum atomic E-state index is -0.568. The van der Waals surface area contributed by atoms with Gasteiger partial charge in [0.05, 0.1) is 10.8 Å².